The van der Waals surface area contributed by atoms with Crippen LogP contribution in [0, 0.1) is 12.8 Å². The van der Waals surface area contributed by atoms with E-state index in [0.717, 1.165) is 22.1 Å². The average Bonchev–Trinajstić information content (AvgIpc) is 2.19. The number of carbonyl (C=O) groups is 1. The lowest BCUT2D eigenvalue weighted by Gasteiger charge is -2.20. The lowest BCUT2D eigenvalue weighted by Crippen LogP contribution is -2.30. The molecule has 0 fully saturated rings. The minimum Gasteiger partial charge on any atom is -0.341 e. The van der Waals surface area contributed by atoms with E-state index in [2.05, 4.69) is 29.8 Å². The third-order valence-corrected chi connectivity index (χ3v) is 2.91. The van der Waals surface area contributed by atoms with Crippen LogP contribution in [0.2, 0.25) is 0 Å². The molecule has 1 rings (SSSR count). The Labute approximate surface area is 106 Å². The maximum Gasteiger partial charge on any atom is 0.253 e. The molecule has 0 aliphatic rings. The molecule has 0 aliphatic heterocycles. The minimum atomic E-state index is 0.0903. The summed E-state index contributed by atoms with van der Waals surface area (Å²) < 4.78 is 0.944. The van der Waals surface area contributed by atoms with Gasteiger partial charge in [-0.05, 0) is 30.5 Å². The maximum atomic E-state index is 12.2. The SMILES string of the molecule is Cc1ccc(Br)cc1C(=O)N(C)CC(C)C. The average molecular weight is 284 g/mol. The van der Waals surface area contributed by atoms with Gasteiger partial charge in [0.25, 0.3) is 5.91 Å². The Hall–Kier alpha value is -0.830. The van der Waals surface area contributed by atoms with Gasteiger partial charge in [0.15, 0.2) is 0 Å². The van der Waals surface area contributed by atoms with E-state index in [1.807, 2.05) is 32.2 Å². The molecule has 3 heteroatoms. The first-order chi connectivity index (χ1) is 7.41. The Kier molecular flexibility index (Phi) is 4.54. The first-order valence-electron chi connectivity index (χ1n) is 5.43. The number of hydrogen-bond acceptors (Lipinski definition) is 1. The topological polar surface area (TPSA) is 20.3 Å². The van der Waals surface area contributed by atoms with Gasteiger partial charge < -0.3 is 4.90 Å². The van der Waals surface area contributed by atoms with Crippen LogP contribution in [-0.4, -0.2) is 24.4 Å². The quantitative estimate of drug-likeness (QED) is 0.832. The Balaban J connectivity index is 2.91. The predicted molar refractivity (Wildman–Crippen MR) is 70.7 cm³/mol. The van der Waals surface area contributed by atoms with Gasteiger partial charge in [-0.2, -0.15) is 0 Å². The van der Waals surface area contributed by atoms with Crippen LogP contribution in [0.25, 0.3) is 0 Å². The van der Waals surface area contributed by atoms with Crippen molar-refractivity contribution >= 4 is 21.8 Å². The number of benzene rings is 1. The smallest absolute Gasteiger partial charge is 0.253 e. The molecule has 16 heavy (non-hydrogen) atoms. The van der Waals surface area contributed by atoms with Crippen LogP contribution in [0.15, 0.2) is 22.7 Å². The summed E-state index contributed by atoms with van der Waals surface area (Å²) in [5.41, 5.74) is 1.79. The van der Waals surface area contributed by atoms with Gasteiger partial charge in [0.05, 0.1) is 0 Å². The van der Waals surface area contributed by atoms with E-state index in [4.69, 9.17) is 0 Å². The lowest BCUT2D eigenvalue weighted by molar-refractivity contribution is 0.0778. The molecule has 1 aromatic carbocycles. The Morgan fingerprint density at radius 3 is 2.62 bits per heavy atom. The van der Waals surface area contributed by atoms with Gasteiger partial charge in [-0.1, -0.05) is 35.8 Å². The van der Waals surface area contributed by atoms with Gasteiger partial charge in [0.1, 0.15) is 0 Å². The molecule has 1 amide bonds. The second-order valence-electron chi connectivity index (χ2n) is 4.54. The van der Waals surface area contributed by atoms with E-state index in [1.165, 1.54) is 0 Å². The number of halogens is 1. The van der Waals surface area contributed by atoms with E-state index in [1.54, 1.807) is 4.90 Å². The highest BCUT2D eigenvalue weighted by Crippen LogP contribution is 2.17. The molecule has 0 N–H and O–H groups in total. The van der Waals surface area contributed by atoms with Crippen LogP contribution in [0.4, 0.5) is 0 Å². The summed E-state index contributed by atoms with van der Waals surface area (Å²) in [6.07, 6.45) is 0. The predicted octanol–water partition coefficient (Wildman–Crippen LogP) is 3.49. The third kappa shape index (κ3) is 3.34. The van der Waals surface area contributed by atoms with Gasteiger partial charge in [-0.25, -0.2) is 0 Å². The molecule has 2 nitrogen and oxygen atoms in total. The summed E-state index contributed by atoms with van der Waals surface area (Å²) in [6, 6.07) is 5.80. The van der Waals surface area contributed by atoms with Crippen LogP contribution < -0.4 is 0 Å². The molecule has 0 bridgehead atoms. The summed E-state index contributed by atoms with van der Waals surface area (Å²) in [5, 5.41) is 0. The molecule has 0 aromatic heterocycles. The van der Waals surface area contributed by atoms with E-state index in [9.17, 15) is 4.79 Å². The van der Waals surface area contributed by atoms with Gasteiger partial charge in [0.2, 0.25) is 0 Å². The molecule has 0 unspecified atom stereocenters. The number of hydrogen-bond donors (Lipinski definition) is 0. The summed E-state index contributed by atoms with van der Waals surface area (Å²) >= 11 is 3.39. The third-order valence-electron chi connectivity index (χ3n) is 2.42. The fraction of sp³-hybridized carbons (Fsp3) is 0.462. The van der Waals surface area contributed by atoms with E-state index < -0.39 is 0 Å². The zero-order chi connectivity index (χ0) is 12.3. The standard InChI is InChI=1S/C13H18BrNO/c1-9(2)8-15(4)13(16)12-7-11(14)6-5-10(12)3/h5-7,9H,8H2,1-4H3. The summed E-state index contributed by atoms with van der Waals surface area (Å²) in [4.78, 5) is 13.9. The highest BCUT2D eigenvalue weighted by molar-refractivity contribution is 9.10. The van der Waals surface area contributed by atoms with Crippen LogP contribution >= 0.6 is 15.9 Å². The summed E-state index contributed by atoms with van der Waals surface area (Å²) in [6.45, 7) is 6.96. The minimum absolute atomic E-state index is 0.0903. The van der Waals surface area contributed by atoms with Crippen molar-refractivity contribution in [3.63, 3.8) is 0 Å². The lowest BCUT2D eigenvalue weighted by atomic mass is 10.1. The van der Waals surface area contributed by atoms with Crippen LogP contribution in [0.3, 0.4) is 0 Å². The molecule has 0 saturated heterocycles. The molecule has 0 saturated carbocycles. The summed E-state index contributed by atoms with van der Waals surface area (Å²) in [5.74, 6) is 0.578. The monoisotopic (exact) mass is 283 g/mol. The van der Waals surface area contributed by atoms with Crippen LogP contribution in [0.1, 0.15) is 29.8 Å². The Morgan fingerprint density at radius 2 is 2.06 bits per heavy atom. The van der Waals surface area contributed by atoms with Gasteiger partial charge in [-0.3, -0.25) is 4.79 Å². The molecule has 0 aliphatic carbocycles. The second kappa shape index (κ2) is 5.48. The molecular weight excluding hydrogens is 266 g/mol. The summed E-state index contributed by atoms with van der Waals surface area (Å²) in [7, 11) is 1.85. The fourth-order valence-electron chi connectivity index (χ4n) is 1.66. The highest BCUT2D eigenvalue weighted by atomic mass is 79.9. The largest absolute Gasteiger partial charge is 0.341 e. The van der Waals surface area contributed by atoms with Crippen LogP contribution in [-0.2, 0) is 0 Å². The molecule has 1 aromatic rings. The number of amides is 1. The van der Waals surface area contributed by atoms with Crippen molar-refractivity contribution in [3.05, 3.63) is 33.8 Å². The molecule has 0 spiro atoms. The van der Waals surface area contributed by atoms with Crippen molar-refractivity contribution < 1.29 is 4.79 Å². The van der Waals surface area contributed by atoms with Gasteiger partial charge in [-0.15, -0.1) is 0 Å². The van der Waals surface area contributed by atoms with Crippen LogP contribution in [0.5, 0.6) is 0 Å². The van der Waals surface area contributed by atoms with Gasteiger partial charge in [0, 0.05) is 23.6 Å². The zero-order valence-electron chi connectivity index (χ0n) is 10.2. The van der Waals surface area contributed by atoms with Crippen molar-refractivity contribution in [2.24, 2.45) is 5.92 Å². The first-order valence-corrected chi connectivity index (χ1v) is 6.22. The van der Waals surface area contributed by atoms with Gasteiger partial charge >= 0.3 is 0 Å². The Morgan fingerprint density at radius 1 is 1.44 bits per heavy atom. The van der Waals surface area contributed by atoms with Crippen molar-refractivity contribution in [1.82, 2.24) is 4.90 Å². The molecular formula is C13H18BrNO. The maximum absolute atomic E-state index is 12.2. The number of aryl methyl sites for hydroxylation is 1. The number of carbonyl (C=O) groups excluding carboxylic acids is 1. The zero-order valence-corrected chi connectivity index (χ0v) is 11.8. The second-order valence-corrected chi connectivity index (χ2v) is 5.45. The molecule has 0 atom stereocenters. The van der Waals surface area contributed by atoms with Crippen molar-refractivity contribution in [3.8, 4) is 0 Å². The number of nitrogens with zero attached hydrogens (tertiary/aromatic N) is 1. The molecule has 88 valence electrons. The van der Waals surface area contributed by atoms with Crippen molar-refractivity contribution in [1.29, 1.82) is 0 Å². The van der Waals surface area contributed by atoms with Crippen molar-refractivity contribution in [2.45, 2.75) is 20.8 Å². The molecule has 0 heterocycles. The Bertz CT molecular complexity index is 388. The first kappa shape index (κ1) is 13.2. The normalized spacial score (nSPS) is 10.6. The highest BCUT2D eigenvalue weighted by Gasteiger charge is 2.15. The van der Waals surface area contributed by atoms with E-state index in [0.29, 0.717) is 5.92 Å². The fourth-order valence-corrected chi connectivity index (χ4v) is 2.02. The molecule has 0 radical (unpaired) electrons. The number of rotatable bonds is 3. The van der Waals surface area contributed by atoms with E-state index >= 15 is 0 Å². The van der Waals surface area contributed by atoms with Crippen molar-refractivity contribution in [2.75, 3.05) is 13.6 Å². The van der Waals surface area contributed by atoms with E-state index in [-0.39, 0.29) is 5.91 Å².